The fraction of sp³-hybridized carbons (Fsp3) is 0.310. The van der Waals surface area contributed by atoms with E-state index >= 15 is 0 Å². The molecule has 0 unspecified atom stereocenters. The summed E-state index contributed by atoms with van der Waals surface area (Å²) in [7, 11) is 0. The number of nitrogens with zero attached hydrogens (tertiary/aromatic N) is 1. The Bertz CT molecular complexity index is 1220. The third kappa shape index (κ3) is 5.53. The summed E-state index contributed by atoms with van der Waals surface area (Å²) in [6.07, 6.45) is -0.0513. The molecule has 0 radical (unpaired) electrons. The molecule has 3 aromatic carbocycles. The third-order valence-electron chi connectivity index (χ3n) is 6.14. The molecule has 2 amide bonds. The second-order valence-electron chi connectivity index (χ2n) is 9.93. The SMILES string of the molecule is C[C@@H](Oc1ccc2c(c1)[C@H](c1cccc(F)c1)N(C(=O)C(C)(C)C)CC2)C(=O)Nc1ccccc1. The van der Waals surface area contributed by atoms with Crippen LogP contribution in [0.4, 0.5) is 10.1 Å². The lowest BCUT2D eigenvalue weighted by Crippen LogP contribution is -2.45. The highest BCUT2D eigenvalue weighted by atomic mass is 19.1. The summed E-state index contributed by atoms with van der Waals surface area (Å²) in [5.74, 6) is -0.0956. The van der Waals surface area contributed by atoms with Crippen LogP contribution in [-0.4, -0.2) is 29.4 Å². The first-order valence-electron chi connectivity index (χ1n) is 11.9. The molecule has 0 aromatic heterocycles. The van der Waals surface area contributed by atoms with Crippen LogP contribution in [0.5, 0.6) is 5.75 Å². The second-order valence-corrected chi connectivity index (χ2v) is 9.93. The maximum atomic E-state index is 14.2. The van der Waals surface area contributed by atoms with Crippen LogP contribution in [0.25, 0.3) is 0 Å². The molecule has 6 heteroatoms. The number of amides is 2. The van der Waals surface area contributed by atoms with Crippen molar-refractivity contribution in [3.63, 3.8) is 0 Å². The van der Waals surface area contributed by atoms with Crippen molar-refractivity contribution in [1.29, 1.82) is 0 Å². The minimum Gasteiger partial charge on any atom is -0.481 e. The molecule has 1 aliphatic heterocycles. The number of benzene rings is 3. The van der Waals surface area contributed by atoms with Gasteiger partial charge >= 0.3 is 0 Å². The standard InChI is InChI=1S/C29H31FN2O3/c1-19(27(33)31-23-11-6-5-7-12-23)35-24-14-13-20-15-16-32(28(34)29(2,3)4)26(25(20)18-24)21-9-8-10-22(30)17-21/h5-14,17-19,26H,15-16H2,1-4H3,(H,31,33)/t19-,26+/m1/s1. The first-order chi connectivity index (χ1) is 16.6. The van der Waals surface area contributed by atoms with Gasteiger partial charge in [0, 0.05) is 17.6 Å². The molecule has 1 N–H and O–H groups in total. The van der Waals surface area contributed by atoms with Gasteiger partial charge < -0.3 is 15.0 Å². The second kappa shape index (κ2) is 9.90. The van der Waals surface area contributed by atoms with Gasteiger partial charge in [-0.25, -0.2) is 4.39 Å². The average Bonchev–Trinajstić information content (AvgIpc) is 2.82. The number of hydrogen-bond donors (Lipinski definition) is 1. The van der Waals surface area contributed by atoms with Crippen molar-refractivity contribution in [2.45, 2.75) is 46.3 Å². The Balaban J connectivity index is 1.65. The van der Waals surface area contributed by atoms with Crippen LogP contribution in [0.2, 0.25) is 0 Å². The van der Waals surface area contributed by atoms with Crippen molar-refractivity contribution < 1.29 is 18.7 Å². The van der Waals surface area contributed by atoms with E-state index < -0.39 is 17.6 Å². The maximum Gasteiger partial charge on any atom is 0.265 e. The van der Waals surface area contributed by atoms with Gasteiger partial charge in [0.15, 0.2) is 6.10 Å². The van der Waals surface area contributed by atoms with Crippen molar-refractivity contribution in [1.82, 2.24) is 4.90 Å². The van der Waals surface area contributed by atoms with Gasteiger partial charge in [-0.3, -0.25) is 9.59 Å². The fourth-order valence-corrected chi connectivity index (χ4v) is 4.38. The fourth-order valence-electron chi connectivity index (χ4n) is 4.38. The predicted octanol–water partition coefficient (Wildman–Crippen LogP) is 5.75. The number of carbonyl (C=O) groups is 2. The Morgan fingerprint density at radius 2 is 1.77 bits per heavy atom. The Morgan fingerprint density at radius 1 is 1.03 bits per heavy atom. The van der Waals surface area contributed by atoms with E-state index in [9.17, 15) is 14.0 Å². The number of anilines is 1. The van der Waals surface area contributed by atoms with Gasteiger partial charge in [-0.05, 0) is 66.4 Å². The lowest BCUT2D eigenvalue weighted by atomic mass is 9.85. The number of nitrogens with one attached hydrogen (secondary N) is 1. The molecule has 0 aliphatic carbocycles. The Kier molecular flexibility index (Phi) is 6.92. The van der Waals surface area contributed by atoms with Gasteiger partial charge in [-0.1, -0.05) is 57.2 Å². The summed E-state index contributed by atoms with van der Waals surface area (Å²) >= 11 is 0. The molecule has 0 saturated carbocycles. The van der Waals surface area contributed by atoms with Crippen LogP contribution >= 0.6 is 0 Å². The molecular formula is C29H31FN2O3. The van der Waals surface area contributed by atoms with Crippen LogP contribution in [-0.2, 0) is 16.0 Å². The number of ether oxygens (including phenoxy) is 1. The zero-order valence-corrected chi connectivity index (χ0v) is 20.5. The van der Waals surface area contributed by atoms with Gasteiger partial charge in [0.1, 0.15) is 11.6 Å². The van der Waals surface area contributed by atoms with Gasteiger partial charge in [-0.2, -0.15) is 0 Å². The Hall–Kier alpha value is -3.67. The van der Waals surface area contributed by atoms with Gasteiger partial charge in [0.25, 0.3) is 5.91 Å². The molecule has 0 saturated heterocycles. The van der Waals surface area contributed by atoms with Crippen molar-refractivity contribution in [2.24, 2.45) is 5.41 Å². The van der Waals surface area contributed by atoms with Crippen LogP contribution in [0.1, 0.15) is 50.4 Å². The summed E-state index contributed by atoms with van der Waals surface area (Å²) in [6, 6.07) is 20.8. The number of halogens is 1. The molecule has 1 heterocycles. The quantitative estimate of drug-likeness (QED) is 0.512. The number of fused-ring (bicyclic) bond motifs is 1. The largest absolute Gasteiger partial charge is 0.481 e. The molecule has 0 bridgehead atoms. The lowest BCUT2D eigenvalue weighted by molar-refractivity contribution is -0.141. The van der Waals surface area contributed by atoms with E-state index in [4.69, 9.17) is 4.74 Å². The minimum absolute atomic E-state index is 0.000611. The molecule has 4 rings (SSSR count). The van der Waals surface area contributed by atoms with E-state index in [1.54, 1.807) is 13.0 Å². The van der Waals surface area contributed by atoms with Crippen LogP contribution in [0.3, 0.4) is 0 Å². The van der Waals surface area contributed by atoms with E-state index in [0.29, 0.717) is 30.0 Å². The van der Waals surface area contributed by atoms with E-state index in [1.807, 2.05) is 80.3 Å². The van der Waals surface area contributed by atoms with Gasteiger partial charge in [0.05, 0.1) is 6.04 Å². The summed E-state index contributed by atoms with van der Waals surface area (Å²) < 4.78 is 20.2. The number of rotatable bonds is 5. The topological polar surface area (TPSA) is 58.6 Å². The van der Waals surface area contributed by atoms with Gasteiger partial charge in [-0.15, -0.1) is 0 Å². The summed E-state index contributed by atoms with van der Waals surface area (Å²) in [6.45, 7) is 7.90. The zero-order valence-electron chi connectivity index (χ0n) is 20.5. The predicted molar refractivity (Wildman–Crippen MR) is 135 cm³/mol. The first-order valence-corrected chi connectivity index (χ1v) is 11.9. The average molecular weight is 475 g/mol. The Labute approximate surface area is 205 Å². The molecule has 0 fully saturated rings. The summed E-state index contributed by atoms with van der Waals surface area (Å²) in [5.41, 5.74) is 2.77. The van der Waals surface area contributed by atoms with Crippen LogP contribution in [0.15, 0.2) is 72.8 Å². The molecule has 2 atom stereocenters. The molecular weight excluding hydrogens is 443 g/mol. The summed E-state index contributed by atoms with van der Waals surface area (Å²) in [5, 5.41) is 2.85. The van der Waals surface area contributed by atoms with Crippen molar-refractivity contribution in [3.05, 3.63) is 95.3 Å². The normalized spacial score (nSPS) is 16.3. The van der Waals surface area contributed by atoms with Crippen LogP contribution < -0.4 is 10.1 Å². The van der Waals surface area contributed by atoms with E-state index in [0.717, 1.165) is 11.1 Å². The highest BCUT2D eigenvalue weighted by molar-refractivity contribution is 5.94. The molecule has 5 nitrogen and oxygen atoms in total. The number of carbonyl (C=O) groups excluding carboxylic acids is 2. The monoisotopic (exact) mass is 474 g/mol. The first kappa shape index (κ1) is 24.5. The highest BCUT2D eigenvalue weighted by Gasteiger charge is 2.37. The lowest BCUT2D eigenvalue weighted by Gasteiger charge is -2.41. The van der Waals surface area contributed by atoms with E-state index in [-0.39, 0.29) is 17.6 Å². The molecule has 35 heavy (non-hydrogen) atoms. The smallest absolute Gasteiger partial charge is 0.265 e. The van der Waals surface area contributed by atoms with E-state index in [2.05, 4.69) is 5.32 Å². The third-order valence-corrected chi connectivity index (χ3v) is 6.14. The Morgan fingerprint density at radius 3 is 2.46 bits per heavy atom. The molecule has 182 valence electrons. The van der Waals surface area contributed by atoms with Crippen LogP contribution in [0, 0.1) is 11.2 Å². The van der Waals surface area contributed by atoms with E-state index in [1.165, 1.54) is 12.1 Å². The van der Waals surface area contributed by atoms with Crippen molar-refractivity contribution in [3.8, 4) is 5.75 Å². The minimum atomic E-state index is -0.739. The molecule has 3 aromatic rings. The maximum absolute atomic E-state index is 14.2. The zero-order chi connectivity index (χ0) is 25.2. The number of para-hydroxylation sites is 1. The van der Waals surface area contributed by atoms with Crippen molar-refractivity contribution >= 4 is 17.5 Å². The highest BCUT2D eigenvalue weighted by Crippen LogP contribution is 2.39. The summed E-state index contributed by atoms with van der Waals surface area (Å²) in [4.78, 5) is 27.8. The molecule has 1 aliphatic rings. The number of hydrogen-bond acceptors (Lipinski definition) is 3. The molecule has 0 spiro atoms. The van der Waals surface area contributed by atoms with Crippen molar-refractivity contribution in [2.75, 3.05) is 11.9 Å². The van der Waals surface area contributed by atoms with Gasteiger partial charge in [0.2, 0.25) is 5.91 Å².